The van der Waals surface area contributed by atoms with Crippen LogP contribution in [0, 0.1) is 10.1 Å². The molecule has 1 saturated heterocycles. The Morgan fingerprint density at radius 3 is 2.78 bits per heavy atom. The second kappa shape index (κ2) is 5.68. The second-order valence-electron chi connectivity index (χ2n) is 4.31. The minimum absolute atomic E-state index is 0.0761. The average Bonchev–Trinajstić information content (AvgIpc) is 2.39. The molecule has 1 aromatic rings. The zero-order valence-electron chi connectivity index (χ0n) is 10.3. The van der Waals surface area contributed by atoms with E-state index in [2.05, 4.69) is 10.6 Å². The van der Waals surface area contributed by atoms with E-state index >= 15 is 0 Å². The number of nitrogens with one attached hydrogen (secondary N) is 2. The largest absolute Gasteiger partial charge is 0.495 e. The molecule has 1 aliphatic heterocycles. The topological polar surface area (TPSA) is 76.4 Å². The third-order valence-electron chi connectivity index (χ3n) is 3.09. The van der Waals surface area contributed by atoms with Crippen molar-refractivity contribution in [2.45, 2.75) is 18.9 Å². The molecule has 0 aromatic heterocycles. The van der Waals surface area contributed by atoms with E-state index in [9.17, 15) is 10.1 Å². The van der Waals surface area contributed by atoms with Gasteiger partial charge in [0.25, 0.3) is 5.69 Å². The number of methoxy groups -OCH3 is 1. The minimum Gasteiger partial charge on any atom is -0.495 e. The normalized spacial score (nSPS) is 16.3. The van der Waals surface area contributed by atoms with E-state index in [1.54, 1.807) is 13.2 Å². The molecule has 1 heterocycles. The van der Waals surface area contributed by atoms with Crippen LogP contribution in [0.5, 0.6) is 5.75 Å². The predicted molar refractivity (Wildman–Crippen MR) is 69.2 cm³/mol. The lowest BCUT2D eigenvalue weighted by Crippen LogP contribution is -2.35. The molecule has 0 saturated carbocycles. The van der Waals surface area contributed by atoms with E-state index in [1.165, 1.54) is 12.1 Å². The molecule has 2 rings (SSSR count). The first-order chi connectivity index (χ1) is 8.70. The Bertz CT molecular complexity index is 431. The summed E-state index contributed by atoms with van der Waals surface area (Å²) < 4.78 is 5.22. The summed E-state index contributed by atoms with van der Waals surface area (Å²) in [6.45, 7) is 1.93. The standard InChI is InChI=1S/C12H17N3O3/c1-18-12-3-2-10(15(16)17)8-11(12)14-9-4-6-13-7-5-9/h2-3,8-9,13-14H,4-7H2,1H3. The number of piperidine rings is 1. The molecule has 0 unspecified atom stereocenters. The molecule has 0 spiro atoms. The van der Waals surface area contributed by atoms with Gasteiger partial charge in [0.1, 0.15) is 5.75 Å². The van der Waals surface area contributed by atoms with Crippen LogP contribution in [0.4, 0.5) is 11.4 Å². The summed E-state index contributed by atoms with van der Waals surface area (Å²) in [6.07, 6.45) is 2.01. The van der Waals surface area contributed by atoms with Crippen molar-refractivity contribution in [1.29, 1.82) is 0 Å². The van der Waals surface area contributed by atoms with Crippen LogP contribution in [-0.2, 0) is 0 Å². The zero-order valence-corrected chi connectivity index (χ0v) is 10.3. The van der Waals surface area contributed by atoms with Crippen molar-refractivity contribution in [2.75, 3.05) is 25.5 Å². The number of hydrogen-bond acceptors (Lipinski definition) is 5. The molecule has 6 heteroatoms. The Morgan fingerprint density at radius 2 is 2.17 bits per heavy atom. The molecule has 1 fully saturated rings. The average molecular weight is 251 g/mol. The monoisotopic (exact) mass is 251 g/mol. The van der Waals surface area contributed by atoms with Gasteiger partial charge in [0, 0.05) is 18.2 Å². The maximum absolute atomic E-state index is 10.8. The smallest absolute Gasteiger partial charge is 0.271 e. The zero-order chi connectivity index (χ0) is 13.0. The number of hydrogen-bond donors (Lipinski definition) is 2. The van der Waals surface area contributed by atoms with Gasteiger partial charge < -0.3 is 15.4 Å². The van der Waals surface area contributed by atoms with Gasteiger partial charge in [-0.05, 0) is 32.0 Å². The van der Waals surface area contributed by atoms with E-state index in [0.29, 0.717) is 17.5 Å². The lowest BCUT2D eigenvalue weighted by Gasteiger charge is -2.25. The quantitative estimate of drug-likeness (QED) is 0.630. The first-order valence-corrected chi connectivity index (χ1v) is 6.00. The lowest BCUT2D eigenvalue weighted by molar-refractivity contribution is -0.384. The van der Waals surface area contributed by atoms with Crippen molar-refractivity contribution in [3.05, 3.63) is 28.3 Å². The van der Waals surface area contributed by atoms with E-state index in [1.807, 2.05) is 0 Å². The van der Waals surface area contributed by atoms with Gasteiger partial charge >= 0.3 is 0 Å². The summed E-state index contributed by atoms with van der Waals surface area (Å²) in [5.41, 5.74) is 0.769. The molecule has 0 aliphatic carbocycles. The van der Waals surface area contributed by atoms with Gasteiger partial charge in [0.05, 0.1) is 17.7 Å². The molecule has 0 amide bonds. The Morgan fingerprint density at radius 1 is 1.44 bits per heavy atom. The van der Waals surface area contributed by atoms with E-state index in [4.69, 9.17) is 4.74 Å². The van der Waals surface area contributed by atoms with Crippen molar-refractivity contribution < 1.29 is 9.66 Å². The number of non-ortho nitro benzene ring substituents is 1. The van der Waals surface area contributed by atoms with Gasteiger partial charge in [-0.3, -0.25) is 10.1 Å². The van der Waals surface area contributed by atoms with Crippen molar-refractivity contribution >= 4 is 11.4 Å². The SMILES string of the molecule is COc1ccc([N+](=O)[O-])cc1NC1CCNCC1. The molecule has 2 N–H and O–H groups in total. The van der Waals surface area contributed by atoms with Crippen LogP contribution >= 0.6 is 0 Å². The molecule has 1 aromatic carbocycles. The Hall–Kier alpha value is -1.82. The van der Waals surface area contributed by atoms with Gasteiger partial charge in [-0.2, -0.15) is 0 Å². The molecule has 98 valence electrons. The van der Waals surface area contributed by atoms with Crippen LogP contribution in [0.2, 0.25) is 0 Å². The highest BCUT2D eigenvalue weighted by Crippen LogP contribution is 2.30. The highest BCUT2D eigenvalue weighted by molar-refractivity contribution is 5.62. The first kappa shape index (κ1) is 12.6. The minimum atomic E-state index is -0.396. The number of nitro benzene ring substituents is 1. The predicted octanol–water partition coefficient (Wildman–Crippen LogP) is 1.77. The number of ether oxygens (including phenoxy) is 1. The summed E-state index contributed by atoms with van der Waals surface area (Å²) in [5, 5.41) is 17.4. The van der Waals surface area contributed by atoms with Gasteiger partial charge in [0.15, 0.2) is 0 Å². The fraction of sp³-hybridized carbons (Fsp3) is 0.500. The lowest BCUT2D eigenvalue weighted by atomic mass is 10.1. The third kappa shape index (κ3) is 2.89. The number of nitrogens with zero attached hydrogens (tertiary/aromatic N) is 1. The molecule has 0 radical (unpaired) electrons. The van der Waals surface area contributed by atoms with Crippen LogP contribution in [0.25, 0.3) is 0 Å². The maximum Gasteiger partial charge on any atom is 0.271 e. The van der Waals surface area contributed by atoms with Crippen LogP contribution in [0.1, 0.15) is 12.8 Å². The summed E-state index contributed by atoms with van der Waals surface area (Å²) in [4.78, 5) is 10.4. The molecular weight excluding hydrogens is 234 g/mol. The van der Waals surface area contributed by atoms with Crippen LogP contribution in [0.15, 0.2) is 18.2 Å². The summed E-state index contributed by atoms with van der Waals surface area (Å²) in [7, 11) is 1.56. The molecule has 0 atom stereocenters. The summed E-state index contributed by atoms with van der Waals surface area (Å²) >= 11 is 0. The molecule has 18 heavy (non-hydrogen) atoms. The van der Waals surface area contributed by atoms with Crippen molar-refractivity contribution in [2.24, 2.45) is 0 Å². The van der Waals surface area contributed by atoms with Gasteiger partial charge in [-0.25, -0.2) is 0 Å². The highest BCUT2D eigenvalue weighted by Gasteiger charge is 2.17. The fourth-order valence-corrected chi connectivity index (χ4v) is 2.11. The van der Waals surface area contributed by atoms with Crippen LogP contribution in [0.3, 0.4) is 0 Å². The van der Waals surface area contributed by atoms with E-state index in [-0.39, 0.29) is 5.69 Å². The van der Waals surface area contributed by atoms with Crippen molar-refractivity contribution in [3.8, 4) is 5.75 Å². The maximum atomic E-state index is 10.8. The summed E-state index contributed by atoms with van der Waals surface area (Å²) in [6, 6.07) is 4.94. The molecular formula is C12H17N3O3. The van der Waals surface area contributed by atoms with Gasteiger partial charge in [-0.1, -0.05) is 0 Å². The molecule has 1 aliphatic rings. The number of rotatable bonds is 4. The molecule has 6 nitrogen and oxygen atoms in total. The van der Waals surface area contributed by atoms with Gasteiger partial charge in [-0.15, -0.1) is 0 Å². The Kier molecular flexibility index (Phi) is 3.99. The first-order valence-electron chi connectivity index (χ1n) is 6.00. The number of anilines is 1. The Balaban J connectivity index is 2.17. The fourth-order valence-electron chi connectivity index (χ4n) is 2.11. The van der Waals surface area contributed by atoms with Crippen molar-refractivity contribution in [3.63, 3.8) is 0 Å². The van der Waals surface area contributed by atoms with Gasteiger partial charge in [0.2, 0.25) is 0 Å². The Labute approximate surface area is 105 Å². The van der Waals surface area contributed by atoms with Crippen LogP contribution < -0.4 is 15.4 Å². The summed E-state index contributed by atoms with van der Waals surface area (Å²) in [5.74, 6) is 0.638. The van der Waals surface area contributed by atoms with Crippen LogP contribution in [-0.4, -0.2) is 31.2 Å². The number of benzene rings is 1. The molecule has 0 bridgehead atoms. The highest BCUT2D eigenvalue weighted by atomic mass is 16.6. The second-order valence-corrected chi connectivity index (χ2v) is 4.31. The van der Waals surface area contributed by atoms with E-state index < -0.39 is 4.92 Å². The van der Waals surface area contributed by atoms with E-state index in [0.717, 1.165) is 25.9 Å². The van der Waals surface area contributed by atoms with Crippen molar-refractivity contribution in [1.82, 2.24) is 5.32 Å². The third-order valence-corrected chi connectivity index (χ3v) is 3.09. The number of nitro groups is 1.